The maximum absolute atomic E-state index is 13.4. The number of ether oxygens (including phenoxy) is 1. The van der Waals surface area contributed by atoms with Crippen LogP contribution in [-0.4, -0.2) is 47.5 Å². The molecule has 2 aliphatic rings. The van der Waals surface area contributed by atoms with Crippen LogP contribution in [0.15, 0.2) is 30.3 Å². The zero-order valence-electron chi connectivity index (χ0n) is 20.0. The highest BCUT2D eigenvalue weighted by atomic mass is 28.3. The van der Waals surface area contributed by atoms with Gasteiger partial charge in [-0.1, -0.05) is 56.4 Å². The van der Waals surface area contributed by atoms with E-state index < -0.39 is 25.9 Å². The molecule has 1 saturated carbocycles. The summed E-state index contributed by atoms with van der Waals surface area (Å²) in [5, 5.41) is 21.9. The Kier molecular flexibility index (Phi) is 5.86. The van der Waals surface area contributed by atoms with Crippen molar-refractivity contribution in [2.24, 2.45) is 0 Å². The predicted molar refractivity (Wildman–Crippen MR) is 128 cm³/mol. The van der Waals surface area contributed by atoms with Crippen molar-refractivity contribution in [2.45, 2.75) is 82.2 Å². The molecule has 1 aliphatic heterocycles. The predicted octanol–water partition coefficient (Wildman–Crippen LogP) is 4.37. The van der Waals surface area contributed by atoms with E-state index >= 15 is 0 Å². The molecule has 1 aromatic carbocycles. The van der Waals surface area contributed by atoms with Gasteiger partial charge in [-0.05, 0) is 32.3 Å². The number of methoxy groups -OCH3 is 1. The molecule has 1 fully saturated rings. The molecule has 3 N–H and O–H groups in total. The molecule has 1 aromatic heterocycles. The van der Waals surface area contributed by atoms with Gasteiger partial charge in [-0.3, -0.25) is 14.8 Å². The third-order valence-electron chi connectivity index (χ3n) is 7.81. The van der Waals surface area contributed by atoms with Crippen LogP contribution in [-0.2, 0) is 21.6 Å². The first-order valence-corrected chi connectivity index (χ1v) is 14.9. The van der Waals surface area contributed by atoms with Gasteiger partial charge in [0, 0.05) is 24.3 Å². The molecule has 2 aromatic rings. The van der Waals surface area contributed by atoms with Crippen LogP contribution in [0.3, 0.4) is 0 Å². The van der Waals surface area contributed by atoms with Gasteiger partial charge in [-0.25, -0.2) is 0 Å². The Morgan fingerprint density at radius 3 is 2.44 bits per heavy atom. The fraction of sp³-hybridized carbons (Fsp3) is 0.583. The average molecular weight is 457 g/mol. The molecule has 1 aliphatic carbocycles. The first-order valence-electron chi connectivity index (χ1n) is 11.4. The van der Waals surface area contributed by atoms with Crippen LogP contribution < -0.4 is 5.32 Å². The van der Waals surface area contributed by atoms with Crippen LogP contribution >= 0.6 is 0 Å². The minimum absolute atomic E-state index is 0.105. The molecule has 0 spiro atoms. The Balaban J connectivity index is 1.58. The first-order chi connectivity index (χ1) is 15.0. The molecule has 2 atom stereocenters. The third-order valence-corrected chi connectivity index (χ3v) is 11.4. The van der Waals surface area contributed by atoms with E-state index in [-0.39, 0.29) is 10.9 Å². The fourth-order valence-corrected chi connectivity index (χ4v) is 7.97. The van der Waals surface area contributed by atoms with Crippen molar-refractivity contribution in [1.29, 1.82) is 0 Å². The molecule has 7 nitrogen and oxygen atoms in total. The Hall–Kier alpha value is -2.00. The second-order valence-corrected chi connectivity index (χ2v) is 16.2. The van der Waals surface area contributed by atoms with Crippen LogP contribution in [0.5, 0.6) is 0 Å². The molecule has 4 rings (SSSR count). The topological polar surface area (TPSA) is 90.5 Å². The number of rotatable bonds is 7. The Labute approximate surface area is 191 Å². The molecular weight excluding hydrogens is 420 g/mol. The number of aromatic amines is 1. The van der Waals surface area contributed by atoms with Gasteiger partial charge in [-0.2, -0.15) is 5.10 Å². The van der Waals surface area contributed by atoms with Crippen molar-refractivity contribution >= 4 is 19.8 Å². The third kappa shape index (κ3) is 3.53. The maximum Gasteiger partial charge on any atom is 0.229 e. The summed E-state index contributed by atoms with van der Waals surface area (Å²) >= 11 is 0. The molecule has 0 radical (unpaired) electrons. The highest BCUT2D eigenvalue weighted by molar-refractivity contribution is 6.83. The van der Waals surface area contributed by atoms with E-state index in [1.165, 1.54) is 0 Å². The number of anilines is 1. The van der Waals surface area contributed by atoms with Crippen molar-refractivity contribution in [3.63, 3.8) is 0 Å². The number of amides is 1. The zero-order chi connectivity index (χ0) is 23.3. The van der Waals surface area contributed by atoms with Gasteiger partial charge in [0.05, 0.1) is 19.3 Å². The van der Waals surface area contributed by atoms with Crippen molar-refractivity contribution in [2.75, 3.05) is 12.4 Å². The Morgan fingerprint density at radius 1 is 1.25 bits per heavy atom. The summed E-state index contributed by atoms with van der Waals surface area (Å²) in [4.78, 5) is 15.4. The standard InChI is InChI=1S/C24H36N4O3Si/c1-23(2)19-17(15-28(23)21(29)18(31-3)16-11-8-7-9-12-16)20(27-26-19)25-22(30)24(13-10-14-24)32(4,5)6/h7-9,11-12,18,21,29H,10,13-15H2,1-6H3,(H2,25,26,27,30)/t18-,21?/m0/s1. The molecule has 174 valence electrons. The van der Waals surface area contributed by atoms with Crippen LogP contribution in [0.2, 0.25) is 24.7 Å². The van der Waals surface area contributed by atoms with Gasteiger partial charge in [0.2, 0.25) is 5.91 Å². The summed E-state index contributed by atoms with van der Waals surface area (Å²) in [6.45, 7) is 11.4. The van der Waals surface area contributed by atoms with Crippen molar-refractivity contribution in [3.8, 4) is 0 Å². The number of aromatic nitrogens is 2. The largest absolute Gasteiger partial charge is 0.375 e. The van der Waals surface area contributed by atoms with Gasteiger partial charge in [-0.15, -0.1) is 0 Å². The summed E-state index contributed by atoms with van der Waals surface area (Å²) in [5.74, 6) is 0.694. The lowest BCUT2D eigenvalue weighted by atomic mass is 9.83. The van der Waals surface area contributed by atoms with Gasteiger partial charge >= 0.3 is 0 Å². The second kappa shape index (κ2) is 8.09. The molecule has 8 heteroatoms. The minimum atomic E-state index is -1.68. The summed E-state index contributed by atoms with van der Waals surface area (Å²) in [5.41, 5.74) is 2.28. The van der Waals surface area contributed by atoms with Crippen LogP contribution in [0.4, 0.5) is 5.82 Å². The van der Waals surface area contributed by atoms with Gasteiger partial charge < -0.3 is 15.2 Å². The summed E-state index contributed by atoms with van der Waals surface area (Å²) < 4.78 is 5.70. The average Bonchev–Trinajstić information content (AvgIpc) is 3.19. The van der Waals surface area contributed by atoms with E-state index in [1.54, 1.807) is 7.11 Å². The van der Waals surface area contributed by atoms with Crippen molar-refractivity contribution < 1.29 is 14.6 Å². The first kappa shape index (κ1) is 23.2. The molecular formula is C24H36N4O3Si. The normalized spacial score (nSPS) is 21.5. The maximum atomic E-state index is 13.4. The van der Waals surface area contributed by atoms with E-state index in [4.69, 9.17) is 4.74 Å². The number of aliphatic hydroxyl groups excluding tert-OH is 1. The molecule has 32 heavy (non-hydrogen) atoms. The monoisotopic (exact) mass is 456 g/mol. The quantitative estimate of drug-likeness (QED) is 0.538. The minimum Gasteiger partial charge on any atom is -0.375 e. The Morgan fingerprint density at radius 2 is 1.91 bits per heavy atom. The smallest absolute Gasteiger partial charge is 0.229 e. The second-order valence-electron chi connectivity index (χ2n) is 10.7. The number of carbonyl (C=O) groups is 1. The SMILES string of the molecule is CO[C@@H](c1ccccc1)C(O)N1Cc2c(NC(=O)C3([Si](C)(C)C)CCC3)n[nH]c2C1(C)C. The molecule has 1 unspecified atom stereocenters. The summed E-state index contributed by atoms with van der Waals surface area (Å²) in [7, 11) is -0.0642. The lowest BCUT2D eigenvalue weighted by Crippen LogP contribution is -2.52. The number of nitrogens with zero attached hydrogens (tertiary/aromatic N) is 2. The Bertz CT molecular complexity index is 979. The van der Waals surface area contributed by atoms with Crippen molar-refractivity contribution in [1.82, 2.24) is 15.1 Å². The van der Waals surface area contributed by atoms with Crippen LogP contribution in [0, 0.1) is 0 Å². The molecule has 0 saturated heterocycles. The highest BCUT2D eigenvalue weighted by Gasteiger charge is 2.54. The number of benzene rings is 1. The summed E-state index contributed by atoms with van der Waals surface area (Å²) in [6.07, 6.45) is 1.69. The number of hydrogen-bond acceptors (Lipinski definition) is 5. The lowest BCUT2D eigenvalue weighted by molar-refractivity contribution is -0.134. The van der Waals surface area contributed by atoms with Crippen LogP contribution in [0.25, 0.3) is 0 Å². The van der Waals surface area contributed by atoms with E-state index in [0.717, 1.165) is 36.1 Å². The number of carbonyl (C=O) groups excluding carboxylic acids is 1. The van der Waals surface area contributed by atoms with E-state index in [0.29, 0.717) is 12.4 Å². The fourth-order valence-electron chi connectivity index (χ4n) is 5.38. The van der Waals surface area contributed by atoms with Gasteiger partial charge in [0.15, 0.2) is 5.82 Å². The van der Waals surface area contributed by atoms with Gasteiger partial charge in [0.25, 0.3) is 0 Å². The number of nitrogens with one attached hydrogen (secondary N) is 2. The van der Waals surface area contributed by atoms with Crippen LogP contribution in [0.1, 0.15) is 56.0 Å². The number of H-pyrrole nitrogens is 1. The van der Waals surface area contributed by atoms with E-state index in [9.17, 15) is 9.90 Å². The zero-order valence-corrected chi connectivity index (χ0v) is 21.0. The molecule has 2 heterocycles. The number of fused-ring (bicyclic) bond motifs is 1. The summed E-state index contributed by atoms with van der Waals surface area (Å²) in [6, 6.07) is 9.75. The van der Waals surface area contributed by atoms with E-state index in [2.05, 4.69) is 49.0 Å². The number of hydrogen-bond donors (Lipinski definition) is 3. The number of aliphatic hydroxyl groups is 1. The van der Waals surface area contributed by atoms with Gasteiger partial charge in [0.1, 0.15) is 12.3 Å². The molecule has 1 amide bonds. The van der Waals surface area contributed by atoms with E-state index in [1.807, 2.05) is 35.2 Å². The lowest BCUT2D eigenvalue weighted by Gasteiger charge is -2.48. The molecule has 0 bridgehead atoms. The highest BCUT2D eigenvalue weighted by Crippen LogP contribution is 2.56. The van der Waals surface area contributed by atoms with Crippen molar-refractivity contribution in [3.05, 3.63) is 47.2 Å².